The molecule has 1 atom stereocenters. The predicted octanol–water partition coefficient (Wildman–Crippen LogP) is 4.14. The minimum absolute atomic E-state index is 0.157. The molecule has 6 nitrogen and oxygen atoms in total. The van der Waals surface area contributed by atoms with E-state index in [0.717, 1.165) is 22.3 Å². The number of carbonyl (C=O) groups excluding carboxylic acids is 1. The molecule has 3 aromatic rings. The summed E-state index contributed by atoms with van der Waals surface area (Å²) >= 11 is 0. The summed E-state index contributed by atoms with van der Waals surface area (Å²) in [4.78, 5) is 16.9. The van der Waals surface area contributed by atoms with Gasteiger partial charge in [-0.15, -0.1) is 0 Å². The van der Waals surface area contributed by atoms with Crippen LogP contribution in [0.15, 0.2) is 47.0 Å². The molecule has 3 rings (SSSR count). The molecule has 6 heteroatoms. The molecule has 0 radical (unpaired) electrons. The summed E-state index contributed by atoms with van der Waals surface area (Å²) in [6, 6.07) is 13.8. The topological polar surface area (TPSA) is 77.2 Å². The van der Waals surface area contributed by atoms with E-state index in [2.05, 4.69) is 15.5 Å². The second-order valence-corrected chi connectivity index (χ2v) is 6.88. The zero-order chi connectivity index (χ0) is 20.1. The Morgan fingerprint density at radius 1 is 1.14 bits per heavy atom. The predicted molar refractivity (Wildman–Crippen MR) is 107 cm³/mol. The van der Waals surface area contributed by atoms with E-state index >= 15 is 0 Å². The fourth-order valence-corrected chi connectivity index (χ4v) is 2.91. The van der Waals surface area contributed by atoms with Gasteiger partial charge in [-0.25, -0.2) is 0 Å². The minimum Gasteiger partial charge on any atom is -0.480 e. The van der Waals surface area contributed by atoms with Gasteiger partial charge in [0.2, 0.25) is 11.7 Å². The first-order valence-electron chi connectivity index (χ1n) is 9.37. The van der Waals surface area contributed by atoms with Crippen molar-refractivity contribution in [1.82, 2.24) is 15.5 Å². The number of benzene rings is 2. The number of aryl methyl sites for hydroxylation is 3. The van der Waals surface area contributed by atoms with Crippen molar-refractivity contribution in [3.63, 3.8) is 0 Å². The summed E-state index contributed by atoms with van der Waals surface area (Å²) in [7, 11) is 0. The number of hydrogen-bond donors (Lipinski definition) is 1. The van der Waals surface area contributed by atoms with Gasteiger partial charge < -0.3 is 14.6 Å². The molecule has 1 N–H and O–H groups in total. The van der Waals surface area contributed by atoms with Crippen LogP contribution < -0.4 is 10.1 Å². The quantitative estimate of drug-likeness (QED) is 0.668. The summed E-state index contributed by atoms with van der Waals surface area (Å²) < 4.78 is 11.2. The smallest absolute Gasteiger partial charge is 0.261 e. The van der Waals surface area contributed by atoms with Crippen LogP contribution in [-0.4, -0.2) is 22.2 Å². The third kappa shape index (κ3) is 4.76. The van der Waals surface area contributed by atoms with Crippen molar-refractivity contribution in [2.45, 2.75) is 46.8 Å². The van der Waals surface area contributed by atoms with E-state index in [0.29, 0.717) is 23.9 Å². The van der Waals surface area contributed by atoms with Crippen LogP contribution in [0.2, 0.25) is 0 Å². The summed E-state index contributed by atoms with van der Waals surface area (Å²) in [5.74, 6) is 1.36. The van der Waals surface area contributed by atoms with Crippen LogP contribution in [0.1, 0.15) is 35.9 Å². The van der Waals surface area contributed by atoms with Gasteiger partial charge in [0.25, 0.3) is 5.91 Å². The van der Waals surface area contributed by atoms with Gasteiger partial charge in [-0.2, -0.15) is 4.98 Å². The Morgan fingerprint density at radius 2 is 1.93 bits per heavy atom. The molecular formula is C22H25N3O3. The van der Waals surface area contributed by atoms with Gasteiger partial charge >= 0.3 is 0 Å². The zero-order valence-electron chi connectivity index (χ0n) is 16.7. The third-order valence-electron chi connectivity index (χ3n) is 4.42. The summed E-state index contributed by atoms with van der Waals surface area (Å²) in [5.41, 5.74) is 4.16. The number of ether oxygens (including phenoxy) is 1. The van der Waals surface area contributed by atoms with E-state index in [1.807, 2.05) is 70.2 Å². The van der Waals surface area contributed by atoms with Gasteiger partial charge in [-0.05, 0) is 44.9 Å². The van der Waals surface area contributed by atoms with E-state index in [1.54, 1.807) is 0 Å². The van der Waals surface area contributed by atoms with Crippen LogP contribution in [0.5, 0.6) is 5.75 Å². The zero-order valence-corrected chi connectivity index (χ0v) is 16.7. The van der Waals surface area contributed by atoms with Crippen molar-refractivity contribution >= 4 is 5.91 Å². The largest absolute Gasteiger partial charge is 0.480 e. The lowest BCUT2D eigenvalue weighted by Crippen LogP contribution is -2.37. The number of rotatable bonds is 7. The van der Waals surface area contributed by atoms with Crippen LogP contribution >= 0.6 is 0 Å². The summed E-state index contributed by atoms with van der Waals surface area (Å²) in [6.07, 6.45) is -0.0297. The van der Waals surface area contributed by atoms with Crippen molar-refractivity contribution in [1.29, 1.82) is 0 Å². The van der Waals surface area contributed by atoms with Crippen LogP contribution in [0, 0.1) is 20.8 Å². The van der Waals surface area contributed by atoms with Crippen LogP contribution in [0.4, 0.5) is 0 Å². The lowest BCUT2D eigenvalue weighted by Gasteiger charge is -2.18. The monoisotopic (exact) mass is 379 g/mol. The molecule has 0 saturated heterocycles. The molecule has 0 spiro atoms. The van der Waals surface area contributed by atoms with Crippen molar-refractivity contribution in [3.8, 4) is 17.1 Å². The Kier molecular flexibility index (Phi) is 6.09. The Balaban J connectivity index is 1.61. The van der Waals surface area contributed by atoms with Gasteiger partial charge in [0.05, 0.1) is 6.54 Å². The number of nitrogens with one attached hydrogen (secondary N) is 1. The second-order valence-electron chi connectivity index (χ2n) is 6.88. The molecule has 1 aromatic heterocycles. The molecule has 1 heterocycles. The van der Waals surface area contributed by atoms with E-state index in [1.165, 1.54) is 0 Å². The number of nitrogens with zero attached hydrogens (tertiary/aromatic N) is 2. The van der Waals surface area contributed by atoms with Crippen molar-refractivity contribution in [3.05, 3.63) is 65.0 Å². The van der Waals surface area contributed by atoms with Crippen molar-refractivity contribution < 1.29 is 14.1 Å². The lowest BCUT2D eigenvalue weighted by molar-refractivity contribution is -0.128. The SMILES string of the molecule is CC[C@H](Oc1ccc(C)cc1C)C(=O)NCc1nc(-c2cccc(C)c2)no1. The highest BCUT2D eigenvalue weighted by atomic mass is 16.5. The standard InChI is InChI=1S/C22H25N3O3/c1-5-18(27-19-10-9-15(3)11-16(19)4)22(26)23-13-20-24-21(25-28-20)17-8-6-7-14(2)12-17/h6-12,18H,5,13H2,1-4H3,(H,23,26)/t18-/m0/s1. The average Bonchev–Trinajstić information content (AvgIpc) is 3.15. The number of hydrogen-bond acceptors (Lipinski definition) is 5. The first kappa shape index (κ1) is 19.6. The average molecular weight is 379 g/mol. The van der Waals surface area contributed by atoms with Crippen molar-refractivity contribution in [2.24, 2.45) is 0 Å². The Morgan fingerprint density at radius 3 is 2.64 bits per heavy atom. The minimum atomic E-state index is -0.583. The molecular weight excluding hydrogens is 354 g/mol. The van der Waals surface area contributed by atoms with Crippen LogP contribution in [0.3, 0.4) is 0 Å². The van der Waals surface area contributed by atoms with E-state index in [4.69, 9.17) is 9.26 Å². The van der Waals surface area contributed by atoms with Crippen LogP contribution in [-0.2, 0) is 11.3 Å². The number of carbonyl (C=O) groups is 1. The van der Waals surface area contributed by atoms with Gasteiger partial charge in [-0.1, -0.05) is 53.5 Å². The fraction of sp³-hybridized carbons (Fsp3) is 0.318. The normalized spacial score (nSPS) is 11.9. The third-order valence-corrected chi connectivity index (χ3v) is 4.42. The molecule has 0 saturated carbocycles. The van der Waals surface area contributed by atoms with Crippen LogP contribution in [0.25, 0.3) is 11.4 Å². The maximum atomic E-state index is 12.5. The lowest BCUT2D eigenvalue weighted by atomic mass is 10.1. The molecule has 0 aliphatic rings. The highest BCUT2D eigenvalue weighted by molar-refractivity contribution is 5.81. The first-order valence-corrected chi connectivity index (χ1v) is 9.37. The molecule has 28 heavy (non-hydrogen) atoms. The van der Waals surface area contributed by atoms with Crippen molar-refractivity contribution in [2.75, 3.05) is 0 Å². The molecule has 2 aromatic carbocycles. The van der Waals surface area contributed by atoms with Gasteiger partial charge in [-0.3, -0.25) is 4.79 Å². The Labute approximate surface area is 164 Å². The van der Waals surface area contributed by atoms with Gasteiger partial charge in [0.15, 0.2) is 6.10 Å². The highest BCUT2D eigenvalue weighted by Crippen LogP contribution is 2.21. The number of amides is 1. The van der Waals surface area contributed by atoms with Gasteiger partial charge in [0.1, 0.15) is 5.75 Å². The van der Waals surface area contributed by atoms with E-state index in [-0.39, 0.29) is 12.5 Å². The Hall–Kier alpha value is -3.15. The molecule has 1 amide bonds. The molecule has 0 aliphatic carbocycles. The molecule has 0 unspecified atom stereocenters. The molecule has 0 aliphatic heterocycles. The molecule has 0 fully saturated rings. The Bertz CT molecular complexity index is 965. The highest BCUT2D eigenvalue weighted by Gasteiger charge is 2.20. The van der Waals surface area contributed by atoms with E-state index in [9.17, 15) is 4.79 Å². The fourth-order valence-electron chi connectivity index (χ4n) is 2.91. The maximum Gasteiger partial charge on any atom is 0.261 e. The molecule has 146 valence electrons. The van der Waals surface area contributed by atoms with Gasteiger partial charge in [0, 0.05) is 5.56 Å². The maximum absolute atomic E-state index is 12.5. The summed E-state index contributed by atoms with van der Waals surface area (Å²) in [5, 5.41) is 6.81. The van der Waals surface area contributed by atoms with E-state index < -0.39 is 6.10 Å². The first-order chi connectivity index (χ1) is 13.5. The summed E-state index contributed by atoms with van der Waals surface area (Å²) in [6.45, 7) is 8.07. The molecule has 0 bridgehead atoms. The second kappa shape index (κ2) is 8.69. The number of aromatic nitrogens is 2.